The van der Waals surface area contributed by atoms with Crippen LogP contribution in [0.25, 0.3) is 0 Å². The van der Waals surface area contributed by atoms with E-state index < -0.39 is 0 Å². The van der Waals surface area contributed by atoms with Crippen molar-refractivity contribution in [2.24, 2.45) is 5.92 Å². The van der Waals surface area contributed by atoms with Crippen molar-refractivity contribution in [2.45, 2.75) is 32.6 Å². The van der Waals surface area contributed by atoms with Gasteiger partial charge in [0.2, 0.25) is 0 Å². The van der Waals surface area contributed by atoms with Gasteiger partial charge in [-0.3, -0.25) is 0 Å². The van der Waals surface area contributed by atoms with Crippen LogP contribution in [0.1, 0.15) is 31.7 Å². The average Bonchev–Trinajstić information content (AvgIpc) is 2.47. The molecule has 19 heavy (non-hydrogen) atoms. The summed E-state index contributed by atoms with van der Waals surface area (Å²) in [4.78, 5) is 2.66. The Bertz CT molecular complexity index is 330. The first-order chi connectivity index (χ1) is 9.38. The highest BCUT2D eigenvalue weighted by Gasteiger charge is 2.16. The lowest BCUT2D eigenvalue weighted by Gasteiger charge is -2.30. The van der Waals surface area contributed by atoms with Crippen molar-refractivity contribution < 1.29 is 0 Å². The molecule has 106 valence electrons. The quantitative estimate of drug-likeness (QED) is 0.811. The number of piperidine rings is 1. The first-order valence-electron chi connectivity index (χ1n) is 7.85. The maximum absolute atomic E-state index is 3.53. The number of benzene rings is 1. The van der Waals surface area contributed by atoms with E-state index in [9.17, 15) is 0 Å². The Kier molecular flexibility index (Phi) is 6.38. The van der Waals surface area contributed by atoms with E-state index in [1.807, 2.05) is 0 Å². The predicted octanol–water partition coefficient (Wildman–Crippen LogP) is 2.94. The second-order valence-electron chi connectivity index (χ2n) is 5.75. The Morgan fingerprint density at radius 3 is 2.74 bits per heavy atom. The summed E-state index contributed by atoms with van der Waals surface area (Å²) < 4.78 is 0. The van der Waals surface area contributed by atoms with Crippen LogP contribution in [0.4, 0.5) is 0 Å². The third-order valence-electron chi connectivity index (χ3n) is 4.01. The summed E-state index contributed by atoms with van der Waals surface area (Å²) in [5, 5.41) is 3.53. The van der Waals surface area contributed by atoms with Crippen molar-refractivity contribution in [1.29, 1.82) is 0 Å². The summed E-state index contributed by atoms with van der Waals surface area (Å²) in [5.74, 6) is 0.857. The minimum absolute atomic E-state index is 0.857. The van der Waals surface area contributed by atoms with Gasteiger partial charge in [0.05, 0.1) is 0 Å². The predicted molar refractivity (Wildman–Crippen MR) is 82.5 cm³/mol. The molecule has 0 radical (unpaired) electrons. The van der Waals surface area contributed by atoms with Crippen LogP contribution in [0, 0.1) is 5.92 Å². The highest BCUT2D eigenvalue weighted by atomic mass is 15.1. The summed E-state index contributed by atoms with van der Waals surface area (Å²) in [5.41, 5.74) is 1.46. The molecule has 1 aliphatic rings. The lowest BCUT2D eigenvalue weighted by Crippen LogP contribution is -2.39. The topological polar surface area (TPSA) is 15.3 Å². The van der Waals surface area contributed by atoms with E-state index in [2.05, 4.69) is 47.5 Å². The van der Waals surface area contributed by atoms with Gasteiger partial charge in [0.1, 0.15) is 0 Å². The SMILES string of the molecule is CCCN(CCc1ccccc1)CC1CCCNC1. The highest BCUT2D eigenvalue weighted by Crippen LogP contribution is 2.12. The van der Waals surface area contributed by atoms with Crippen LogP contribution >= 0.6 is 0 Å². The van der Waals surface area contributed by atoms with E-state index in [4.69, 9.17) is 0 Å². The van der Waals surface area contributed by atoms with Crippen molar-refractivity contribution in [1.82, 2.24) is 10.2 Å². The zero-order valence-electron chi connectivity index (χ0n) is 12.3. The van der Waals surface area contributed by atoms with Crippen LogP contribution < -0.4 is 5.32 Å². The molecule has 1 N–H and O–H groups in total. The number of hydrogen-bond acceptors (Lipinski definition) is 2. The maximum Gasteiger partial charge on any atom is 0.00219 e. The molecule has 0 spiro atoms. The monoisotopic (exact) mass is 260 g/mol. The van der Waals surface area contributed by atoms with Gasteiger partial charge in [-0.05, 0) is 56.8 Å². The summed E-state index contributed by atoms with van der Waals surface area (Å²) in [6.07, 6.45) is 5.19. The zero-order chi connectivity index (χ0) is 13.3. The van der Waals surface area contributed by atoms with Gasteiger partial charge >= 0.3 is 0 Å². The van der Waals surface area contributed by atoms with Gasteiger partial charge < -0.3 is 10.2 Å². The second-order valence-corrected chi connectivity index (χ2v) is 5.75. The number of hydrogen-bond donors (Lipinski definition) is 1. The molecule has 2 heteroatoms. The van der Waals surface area contributed by atoms with Crippen LogP contribution in [-0.4, -0.2) is 37.6 Å². The first kappa shape index (κ1) is 14.5. The molecule has 0 bridgehead atoms. The molecule has 2 rings (SSSR count). The Labute approximate surface area is 118 Å². The first-order valence-corrected chi connectivity index (χ1v) is 7.85. The lowest BCUT2D eigenvalue weighted by atomic mass is 9.98. The third-order valence-corrected chi connectivity index (χ3v) is 4.01. The Morgan fingerprint density at radius 1 is 1.21 bits per heavy atom. The summed E-state index contributed by atoms with van der Waals surface area (Å²) in [6.45, 7) is 8.43. The zero-order valence-corrected chi connectivity index (χ0v) is 12.3. The second kappa shape index (κ2) is 8.34. The molecule has 0 aromatic heterocycles. The standard InChI is InChI=1S/C17H28N2/c1-2-12-19(15-17-9-6-11-18-14-17)13-10-16-7-4-3-5-8-16/h3-5,7-8,17-18H,2,6,9-15H2,1H3. The van der Waals surface area contributed by atoms with E-state index in [1.54, 1.807) is 0 Å². The van der Waals surface area contributed by atoms with Gasteiger partial charge in [-0.15, -0.1) is 0 Å². The number of rotatable bonds is 7. The van der Waals surface area contributed by atoms with Crippen molar-refractivity contribution in [3.8, 4) is 0 Å². The maximum atomic E-state index is 3.53. The highest BCUT2D eigenvalue weighted by molar-refractivity contribution is 5.14. The summed E-state index contributed by atoms with van der Waals surface area (Å²) >= 11 is 0. The molecular weight excluding hydrogens is 232 g/mol. The normalized spacial score (nSPS) is 19.8. The molecule has 1 aromatic rings. The molecular formula is C17H28N2. The van der Waals surface area contributed by atoms with Crippen LogP contribution in [0.3, 0.4) is 0 Å². The van der Waals surface area contributed by atoms with Crippen molar-refractivity contribution in [3.05, 3.63) is 35.9 Å². The molecule has 1 unspecified atom stereocenters. The molecule has 0 saturated carbocycles. The summed E-state index contributed by atoms with van der Waals surface area (Å²) in [6, 6.07) is 10.9. The Hall–Kier alpha value is -0.860. The third kappa shape index (κ3) is 5.33. The molecule has 1 aromatic carbocycles. The number of nitrogens with one attached hydrogen (secondary N) is 1. The van der Waals surface area contributed by atoms with Crippen LogP contribution in [0.2, 0.25) is 0 Å². The van der Waals surface area contributed by atoms with E-state index in [0.717, 1.165) is 5.92 Å². The van der Waals surface area contributed by atoms with Gasteiger partial charge in [-0.1, -0.05) is 37.3 Å². The molecule has 1 heterocycles. The average molecular weight is 260 g/mol. The van der Waals surface area contributed by atoms with Crippen molar-refractivity contribution in [3.63, 3.8) is 0 Å². The van der Waals surface area contributed by atoms with E-state index in [1.165, 1.54) is 64.0 Å². The molecule has 1 atom stereocenters. The molecule has 0 aliphatic carbocycles. The largest absolute Gasteiger partial charge is 0.316 e. The summed E-state index contributed by atoms with van der Waals surface area (Å²) in [7, 11) is 0. The van der Waals surface area contributed by atoms with Gasteiger partial charge in [0.15, 0.2) is 0 Å². The van der Waals surface area contributed by atoms with Crippen LogP contribution in [0.15, 0.2) is 30.3 Å². The fraction of sp³-hybridized carbons (Fsp3) is 0.647. The van der Waals surface area contributed by atoms with Crippen molar-refractivity contribution >= 4 is 0 Å². The van der Waals surface area contributed by atoms with E-state index in [0.29, 0.717) is 0 Å². The fourth-order valence-electron chi connectivity index (χ4n) is 2.99. The minimum Gasteiger partial charge on any atom is -0.316 e. The van der Waals surface area contributed by atoms with Gasteiger partial charge in [0.25, 0.3) is 0 Å². The molecule has 1 saturated heterocycles. The van der Waals surface area contributed by atoms with Gasteiger partial charge in [-0.25, -0.2) is 0 Å². The fourth-order valence-corrected chi connectivity index (χ4v) is 2.99. The Balaban J connectivity index is 1.78. The van der Waals surface area contributed by atoms with Gasteiger partial charge in [-0.2, -0.15) is 0 Å². The van der Waals surface area contributed by atoms with Crippen molar-refractivity contribution in [2.75, 3.05) is 32.7 Å². The smallest absolute Gasteiger partial charge is 0.00219 e. The van der Waals surface area contributed by atoms with E-state index in [-0.39, 0.29) is 0 Å². The lowest BCUT2D eigenvalue weighted by molar-refractivity contribution is 0.210. The molecule has 1 aliphatic heterocycles. The van der Waals surface area contributed by atoms with Crippen LogP contribution in [-0.2, 0) is 6.42 Å². The molecule has 1 fully saturated rings. The molecule has 0 amide bonds. The van der Waals surface area contributed by atoms with Gasteiger partial charge in [0, 0.05) is 13.1 Å². The molecule has 2 nitrogen and oxygen atoms in total. The minimum atomic E-state index is 0.857. The van der Waals surface area contributed by atoms with E-state index >= 15 is 0 Å². The number of nitrogens with zero attached hydrogens (tertiary/aromatic N) is 1. The Morgan fingerprint density at radius 2 is 2.05 bits per heavy atom. The van der Waals surface area contributed by atoms with Crippen LogP contribution in [0.5, 0.6) is 0 Å².